The van der Waals surface area contributed by atoms with Crippen LogP contribution in [0.25, 0.3) is 17.0 Å². The first-order chi connectivity index (χ1) is 13.7. The van der Waals surface area contributed by atoms with E-state index in [1.165, 1.54) is 7.11 Å². The second kappa shape index (κ2) is 7.52. The normalized spacial score (nSPS) is 15.0. The number of aromatic nitrogens is 1. The number of hydrogen-bond donors (Lipinski definition) is 2. The molecular weight excluding hydrogens is 354 g/mol. The Labute approximate surface area is 161 Å². The largest absolute Gasteiger partial charge is 0.465 e. The monoisotopic (exact) mass is 373 g/mol. The number of methoxy groups -OCH3 is 1. The highest BCUT2D eigenvalue weighted by Crippen LogP contribution is 2.23. The van der Waals surface area contributed by atoms with Crippen LogP contribution in [-0.4, -0.2) is 29.7 Å². The molecule has 0 saturated heterocycles. The Morgan fingerprint density at radius 3 is 2.68 bits per heavy atom. The van der Waals surface area contributed by atoms with Gasteiger partial charge in [0.15, 0.2) is 0 Å². The van der Waals surface area contributed by atoms with E-state index in [1.54, 1.807) is 12.1 Å². The zero-order valence-electron chi connectivity index (χ0n) is 15.4. The lowest BCUT2D eigenvalue weighted by Gasteiger charge is -2.04. The van der Waals surface area contributed by atoms with E-state index in [4.69, 9.17) is 4.74 Å². The number of carbonyl (C=O) groups excluding carboxylic acids is 2. The number of hydrazone groups is 1. The molecule has 2 N–H and O–H groups in total. The van der Waals surface area contributed by atoms with E-state index in [-0.39, 0.29) is 11.9 Å². The fourth-order valence-electron chi connectivity index (χ4n) is 3.27. The summed E-state index contributed by atoms with van der Waals surface area (Å²) in [5, 5.41) is 5.26. The van der Waals surface area contributed by atoms with Crippen molar-refractivity contribution < 1.29 is 14.3 Å². The Balaban J connectivity index is 1.51. The number of amides is 1. The van der Waals surface area contributed by atoms with Crippen LogP contribution in [0.2, 0.25) is 0 Å². The number of ether oxygens (including phenoxy) is 1. The van der Waals surface area contributed by atoms with Crippen molar-refractivity contribution in [2.75, 3.05) is 7.11 Å². The van der Waals surface area contributed by atoms with Crippen molar-refractivity contribution in [1.29, 1.82) is 0 Å². The molecule has 2 aromatic carbocycles. The minimum Gasteiger partial charge on any atom is -0.465 e. The number of carbonyl (C=O) groups is 2. The van der Waals surface area contributed by atoms with Gasteiger partial charge in [-0.15, -0.1) is 0 Å². The smallest absolute Gasteiger partial charge is 0.337 e. The molecule has 1 amide bonds. The van der Waals surface area contributed by atoms with Crippen LogP contribution >= 0.6 is 0 Å². The van der Waals surface area contributed by atoms with Crippen molar-refractivity contribution in [3.63, 3.8) is 0 Å². The summed E-state index contributed by atoms with van der Waals surface area (Å²) < 4.78 is 4.71. The standard InChI is InChI=1S/C22H19N3O3/c1-28-22(27)15-9-6-14(7-10-15)8-11-20-18(21(26)25-24-20)12-16-13-23-19-5-3-2-4-17(16)19/h2-7,9-10,12-13,23H,8,11H2,1H3,(H,25,26). The van der Waals surface area contributed by atoms with E-state index in [9.17, 15) is 9.59 Å². The summed E-state index contributed by atoms with van der Waals surface area (Å²) in [7, 11) is 1.36. The average molecular weight is 373 g/mol. The molecule has 1 aromatic heterocycles. The lowest BCUT2D eigenvalue weighted by molar-refractivity contribution is -0.116. The number of H-pyrrole nitrogens is 1. The molecule has 3 aromatic rings. The molecule has 0 bridgehead atoms. The summed E-state index contributed by atoms with van der Waals surface area (Å²) in [6.45, 7) is 0. The number of esters is 1. The SMILES string of the molecule is COC(=O)c1ccc(CCC2=NNC(=O)C2=Cc2c[nH]c3ccccc23)cc1. The van der Waals surface area contributed by atoms with Crippen molar-refractivity contribution in [2.45, 2.75) is 12.8 Å². The van der Waals surface area contributed by atoms with Crippen molar-refractivity contribution >= 4 is 34.6 Å². The van der Waals surface area contributed by atoms with Crippen LogP contribution in [0.3, 0.4) is 0 Å². The van der Waals surface area contributed by atoms with E-state index in [0.29, 0.717) is 24.0 Å². The molecule has 4 rings (SSSR count). The van der Waals surface area contributed by atoms with Crippen LogP contribution < -0.4 is 5.43 Å². The van der Waals surface area contributed by atoms with E-state index < -0.39 is 0 Å². The number of nitrogens with zero attached hydrogens (tertiary/aromatic N) is 1. The van der Waals surface area contributed by atoms with Gasteiger partial charge in [-0.2, -0.15) is 5.10 Å². The van der Waals surface area contributed by atoms with E-state index in [0.717, 1.165) is 27.7 Å². The van der Waals surface area contributed by atoms with Gasteiger partial charge in [-0.3, -0.25) is 4.79 Å². The fourth-order valence-corrected chi connectivity index (χ4v) is 3.27. The van der Waals surface area contributed by atoms with Crippen LogP contribution in [0.5, 0.6) is 0 Å². The van der Waals surface area contributed by atoms with Crippen molar-refractivity contribution in [3.8, 4) is 0 Å². The molecule has 0 unspecified atom stereocenters. The van der Waals surface area contributed by atoms with Gasteiger partial charge in [0, 0.05) is 22.7 Å². The highest BCUT2D eigenvalue weighted by atomic mass is 16.5. The third-order valence-electron chi connectivity index (χ3n) is 4.79. The van der Waals surface area contributed by atoms with E-state index >= 15 is 0 Å². The molecule has 1 aliphatic heterocycles. The molecule has 6 heteroatoms. The number of hydrogen-bond acceptors (Lipinski definition) is 4. The maximum atomic E-state index is 12.3. The molecule has 0 radical (unpaired) electrons. The fraction of sp³-hybridized carbons (Fsp3) is 0.136. The summed E-state index contributed by atoms with van der Waals surface area (Å²) in [6.07, 6.45) is 5.09. The van der Waals surface area contributed by atoms with Crippen LogP contribution in [0.15, 0.2) is 65.4 Å². The van der Waals surface area contributed by atoms with Gasteiger partial charge in [0.1, 0.15) is 0 Å². The Hall–Kier alpha value is -3.67. The lowest BCUT2D eigenvalue weighted by atomic mass is 9.99. The van der Waals surface area contributed by atoms with Gasteiger partial charge in [0.25, 0.3) is 5.91 Å². The Morgan fingerprint density at radius 1 is 1.11 bits per heavy atom. The molecule has 0 saturated carbocycles. The van der Waals surface area contributed by atoms with Crippen LogP contribution in [-0.2, 0) is 16.0 Å². The molecule has 0 atom stereocenters. The van der Waals surface area contributed by atoms with Gasteiger partial charge in [0.2, 0.25) is 0 Å². The van der Waals surface area contributed by atoms with Gasteiger partial charge >= 0.3 is 5.97 Å². The van der Waals surface area contributed by atoms with Crippen LogP contribution in [0.1, 0.15) is 27.9 Å². The van der Waals surface area contributed by atoms with Gasteiger partial charge in [0.05, 0.1) is 24.0 Å². The highest BCUT2D eigenvalue weighted by molar-refractivity contribution is 6.28. The Bertz CT molecular complexity index is 1110. The molecule has 0 aliphatic carbocycles. The maximum Gasteiger partial charge on any atom is 0.337 e. The van der Waals surface area contributed by atoms with Crippen LogP contribution in [0, 0.1) is 0 Å². The molecule has 2 heterocycles. The van der Waals surface area contributed by atoms with Crippen molar-refractivity contribution in [2.24, 2.45) is 5.10 Å². The summed E-state index contributed by atoms with van der Waals surface area (Å²) in [6, 6.07) is 15.2. The predicted molar refractivity (Wildman–Crippen MR) is 108 cm³/mol. The van der Waals surface area contributed by atoms with Gasteiger partial charge < -0.3 is 9.72 Å². The van der Waals surface area contributed by atoms with Crippen LogP contribution in [0.4, 0.5) is 0 Å². The number of nitrogens with one attached hydrogen (secondary N) is 2. The minimum atomic E-state index is -0.356. The Morgan fingerprint density at radius 2 is 1.89 bits per heavy atom. The number of aromatic amines is 1. The highest BCUT2D eigenvalue weighted by Gasteiger charge is 2.22. The lowest BCUT2D eigenvalue weighted by Crippen LogP contribution is -2.13. The third kappa shape index (κ3) is 3.44. The number of para-hydroxylation sites is 1. The van der Waals surface area contributed by atoms with E-state index in [2.05, 4.69) is 15.5 Å². The number of benzene rings is 2. The third-order valence-corrected chi connectivity index (χ3v) is 4.79. The van der Waals surface area contributed by atoms with E-state index in [1.807, 2.05) is 48.7 Å². The quantitative estimate of drug-likeness (QED) is 0.531. The molecule has 0 fully saturated rings. The zero-order valence-corrected chi connectivity index (χ0v) is 15.4. The summed E-state index contributed by atoms with van der Waals surface area (Å²) >= 11 is 0. The first-order valence-electron chi connectivity index (χ1n) is 8.98. The predicted octanol–water partition coefficient (Wildman–Crippen LogP) is 3.46. The minimum absolute atomic E-state index is 0.193. The van der Waals surface area contributed by atoms with Crippen molar-refractivity contribution in [1.82, 2.24) is 10.4 Å². The first kappa shape index (κ1) is 17.7. The topological polar surface area (TPSA) is 83.5 Å². The van der Waals surface area contributed by atoms with Gasteiger partial charge in [-0.25, -0.2) is 10.2 Å². The first-order valence-corrected chi connectivity index (χ1v) is 8.98. The molecule has 140 valence electrons. The molecule has 0 spiro atoms. The molecule has 1 aliphatic rings. The van der Waals surface area contributed by atoms with Crippen molar-refractivity contribution in [3.05, 3.63) is 77.0 Å². The summed E-state index contributed by atoms with van der Waals surface area (Å²) in [5.74, 6) is -0.549. The van der Waals surface area contributed by atoms with Gasteiger partial charge in [-0.05, 0) is 42.7 Å². The molecule has 6 nitrogen and oxygen atoms in total. The van der Waals surface area contributed by atoms with Gasteiger partial charge in [-0.1, -0.05) is 30.3 Å². The number of fused-ring (bicyclic) bond motifs is 1. The zero-order chi connectivity index (χ0) is 19.5. The second-order valence-electron chi connectivity index (χ2n) is 6.54. The number of aryl methyl sites for hydroxylation is 1. The summed E-state index contributed by atoms with van der Waals surface area (Å²) in [5.41, 5.74) is 7.42. The molecule has 28 heavy (non-hydrogen) atoms. The maximum absolute atomic E-state index is 12.3. The summed E-state index contributed by atoms with van der Waals surface area (Å²) in [4.78, 5) is 27.0. The Kier molecular flexibility index (Phi) is 4.76. The second-order valence-corrected chi connectivity index (χ2v) is 6.54. The average Bonchev–Trinajstić information content (AvgIpc) is 3.30. The number of rotatable bonds is 5. The molecular formula is C22H19N3O3.